The zero-order valence-electron chi connectivity index (χ0n) is 20.8. The van der Waals surface area contributed by atoms with Crippen molar-refractivity contribution in [3.63, 3.8) is 0 Å². The van der Waals surface area contributed by atoms with E-state index >= 15 is 0 Å². The number of aryl methyl sites for hydroxylation is 1. The number of methoxy groups -OCH3 is 2. The summed E-state index contributed by atoms with van der Waals surface area (Å²) in [5, 5.41) is 5.00. The van der Waals surface area contributed by atoms with E-state index in [2.05, 4.69) is 5.10 Å². The molecule has 0 unspecified atom stereocenters. The van der Waals surface area contributed by atoms with Gasteiger partial charge in [0.2, 0.25) is 5.91 Å². The Labute approximate surface area is 218 Å². The number of nitrogens with zero attached hydrogens (tertiary/aromatic N) is 3. The molecule has 8 nitrogen and oxygen atoms in total. The van der Waals surface area contributed by atoms with Gasteiger partial charge in [-0.2, -0.15) is 5.10 Å². The molecular weight excluding hydrogens is 501 g/mol. The molecule has 2 aromatic carbocycles. The third kappa shape index (κ3) is 4.56. The van der Waals surface area contributed by atoms with Gasteiger partial charge in [0.1, 0.15) is 18.1 Å². The monoisotopic (exact) mass is 527 g/mol. The molecule has 5 rings (SSSR count). The Kier molecular flexibility index (Phi) is 6.66. The molecule has 2 aliphatic rings. The fourth-order valence-corrected chi connectivity index (χ4v) is 5.55. The Morgan fingerprint density at radius 1 is 1.14 bits per heavy atom. The third-order valence-corrected chi connectivity index (χ3v) is 7.60. The van der Waals surface area contributed by atoms with E-state index in [1.165, 1.54) is 31.9 Å². The molecule has 1 saturated carbocycles. The summed E-state index contributed by atoms with van der Waals surface area (Å²) in [4.78, 5) is 40.6. The number of ketones is 2. The molecule has 1 saturated heterocycles. The lowest BCUT2D eigenvalue weighted by Crippen LogP contribution is -2.44. The molecule has 0 bridgehead atoms. The number of benzene rings is 2. The smallest absolute Gasteiger partial charge is 0.245 e. The summed E-state index contributed by atoms with van der Waals surface area (Å²) in [6, 6.07) is 7.56. The molecule has 10 heteroatoms. The number of fused-ring (bicyclic) bond motifs is 2. The second kappa shape index (κ2) is 9.78. The summed E-state index contributed by atoms with van der Waals surface area (Å²) in [6.45, 7) is 1.28. The summed E-state index contributed by atoms with van der Waals surface area (Å²) in [7, 11) is 3.01. The van der Waals surface area contributed by atoms with Gasteiger partial charge >= 0.3 is 0 Å². The maximum atomic E-state index is 14.3. The summed E-state index contributed by atoms with van der Waals surface area (Å²) >= 11 is 5.86. The molecule has 3 atom stereocenters. The molecule has 0 spiro atoms. The highest BCUT2D eigenvalue weighted by atomic mass is 35.5. The number of amides is 1. The quantitative estimate of drug-likeness (QED) is 0.387. The Balaban J connectivity index is 1.38. The number of likely N-dealkylation sites (tertiary alicyclic amines) is 1. The number of aromatic nitrogens is 2. The van der Waals surface area contributed by atoms with Gasteiger partial charge < -0.3 is 14.4 Å². The van der Waals surface area contributed by atoms with Gasteiger partial charge in [-0.15, -0.1) is 0 Å². The molecule has 3 aromatic rings. The van der Waals surface area contributed by atoms with E-state index in [0.29, 0.717) is 40.3 Å². The van der Waals surface area contributed by atoms with E-state index in [4.69, 9.17) is 21.1 Å². The van der Waals surface area contributed by atoms with Gasteiger partial charge in [-0.05, 0) is 42.9 Å². The highest BCUT2D eigenvalue weighted by Crippen LogP contribution is 2.48. The Morgan fingerprint density at radius 3 is 2.57 bits per heavy atom. The highest BCUT2D eigenvalue weighted by molar-refractivity contribution is 6.30. The first-order valence-corrected chi connectivity index (χ1v) is 12.5. The average Bonchev–Trinajstić information content (AvgIpc) is 3.40. The zero-order valence-corrected chi connectivity index (χ0v) is 21.5. The lowest BCUT2D eigenvalue weighted by Gasteiger charge is -2.27. The van der Waals surface area contributed by atoms with Crippen LogP contribution in [0.3, 0.4) is 0 Å². The maximum Gasteiger partial charge on any atom is 0.245 e. The van der Waals surface area contributed by atoms with E-state index < -0.39 is 11.9 Å². The topological polar surface area (TPSA) is 90.7 Å². The first-order valence-electron chi connectivity index (χ1n) is 12.1. The first-order chi connectivity index (χ1) is 17.7. The van der Waals surface area contributed by atoms with Crippen LogP contribution in [0.15, 0.2) is 30.3 Å². The minimum atomic E-state index is -0.553. The summed E-state index contributed by atoms with van der Waals surface area (Å²) in [5.74, 6) is 0.0974. The minimum absolute atomic E-state index is 0.0214. The number of rotatable bonds is 9. The number of hydrogen-bond donors (Lipinski definition) is 0. The van der Waals surface area contributed by atoms with Gasteiger partial charge in [-0.3, -0.25) is 19.1 Å². The Bertz CT molecular complexity index is 1420. The minimum Gasteiger partial charge on any atom is -0.493 e. The second-order valence-electron chi connectivity index (χ2n) is 9.58. The fourth-order valence-electron chi connectivity index (χ4n) is 5.36. The number of halogens is 2. The Hall–Kier alpha value is -3.46. The van der Waals surface area contributed by atoms with Crippen molar-refractivity contribution in [3.8, 4) is 11.5 Å². The molecule has 1 amide bonds. The van der Waals surface area contributed by atoms with Crippen molar-refractivity contribution in [1.82, 2.24) is 14.7 Å². The van der Waals surface area contributed by atoms with Gasteiger partial charge in [0.05, 0.1) is 30.8 Å². The van der Waals surface area contributed by atoms with Crippen molar-refractivity contribution in [2.75, 3.05) is 14.2 Å². The molecule has 0 radical (unpaired) electrons. The van der Waals surface area contributed by atoms with Crippen molar-refractivity contribution in [2.24, 2.45) is 5.92 Å². The van der Waals surface area contributed by atoms with Crippen molar-refractivity contribution in [1.29, 1.82) is 0 Å². The molecule has 2 heterocycles. The first kappa shape index (κ1) is 25.2. The molecule has 2 fully saturated rings. The van der Waals surface area contributed by atoms with Gasteiger partial charge in [-0.1, -0.05) is 23.7 Å². The van der Waals surface area contributed by atoms with Gasteiger partial charge in [-0.25, -0.2) is 4.39 Å². The zero-order chi connectivity index (χ0) is 26.4. The SMILES string of the molecule is COc1cc2c(C(C)=O)nn(CC(=O)N3[C@@H]4C[C@@H]4C[C@H]3C(=O)CCc3cccc(Cl)c3F)c2cc1OC. The molecule has 0 N–H and O–H groups in total. The number of piperidine rings is 1. The molecule has 1 aliphatic carbocycles. The van der Waals surface area contributed by atoms with Crippen molar-refractivity contribution < 1.29 is 28.2 Å². The maximum absolute atomic E-state index is 14.3. The second-order valence-corrected chi connectivity index (χ2v) is 9.99. The molecule has 194 valence electrons. The van der Waals surface area contributed by atoms with Crippen LogP contribution in [0.1, 0.15) is 42.2 Å². The van der Waals surface area contributed by atoms with Crippen molar-refractivity contribution in [2.45, 2.75) is 51.2 Å². The summed E-state index contributed by atoms with van der Waals surface area (Å²) < 4.78 is 26.5. The summed E-state index contributed by atoms with van der Waals surface area (Å²) in [6.07, 6.45) is 1.80. The number of carbonyl (C=O) groups excluding carboxylic acids is 3. The van der Waals surface area contributed by atoms with Crippen LogP contribution in [-0.2, 0) is 22.6 Å². The van der Waals surface area contributed by atoms with Gasteiger partial charge in [0.25, 0.3) is 0 Å². The van der Waals surface area contributed by atoms with Crippen LogP contribution in [0.5, 0.6) is 11.5 Å². The van der Waals surface area contributed by atoms with E-state index in [1.807, 2.05) is 0 Å². The van der Waals surface area contributed by atoms with Gasteiger partial charge in [0, 0.05) is 30.8 Å². The van der Waals surface area contributed by atoms with E-state index in [9.17, 15) is 18.8 Å². The normalized spacial score (nSPS) is 20.1. The predicted octanol–water partition coefficient (Wildman–Crippen LogP) is 4.24. The van der Waals surface area contributed by atoms with Crippen molar-refractivity contribution >= 4 is 40.0 Å². The highest BCUT2D eigenvalue weighted by Gasteiger charge is 2.55. The molecule has 1 aliphatic heterocycles. The van der Waals surface area contributed by atoms with Crippen LogP contribution in [-0.4, -0.2) is 58.5 Å². The standard InChI is InChI=1S/C27H27ClFN3O5/c1-14(33)27-17-11-23(36-2)24(37-3)12-20(17)31(30-27)13-25(35)32-19-9-16(19)10-21(32)22(34)8-7-15-5-4-6-18(28)26(15)29/h4-6,11-12,16,19,21H,7-10,13H2,1-3H3/t16-,19-,21+/m1/s1. The number of hydrogen-bond acceptors (Lipinski definition) is 6. The molecule has 1 aromatic heterocycles. The van der Waals surface area contributed by atoms with Crippen molar-refractivity contribution in [3.05, 3.63) is 52.4 Å². The van der Waals surface area contributed by atoms with Crippen LogP contribution in [0, 0.1) is 11.7 Å². The van der Waals surface area contributed by atoms with E-state index in [0.717, 1.165) is 6.42 Å². The van der Waals surface area contributed by atoms with Crippen LogP contribution >= 0.6 is 11.6 Å². The summed E-state index contributed by atoms with van der Waals surface area (Å²) in [5.41, 5.74) is 1.17. The van der Waals surface area contributed by atoms with Crippen LogP contribution < -0.4 is 9.47 Å². The lowest BCUT2D eigenvalue weighted by molar-refractivity contribution is -0.139. The third-order valence-electron chi connectivity index (χ3n) is 7.31. The predicted molar refractivity (Wildman–Crippen MR) is 135 cm³/mol. The van der Waals surface area contributed by atoms with Crippen LogP contribution in [0.2, 0.25) is 5.02 Å². The van der Waals surface area contributed by atoms with Crippen LogP contribution in [0.25, 0.3) is 10.9 Å². The largest absolute Gasteiger partial charge is 0.493 e. The number of carbonyl (C=O) groups is 3. The van der Waals surface area contributed by atoms with E-state index in [1.54, 1.807) is 29.2 Å². The average molecular weight is 528 g/mol. The Morgan fingerprint density at radius 2 is 1.86 bits per heavy atom. The lowest BCUT2D eigenvalue weighted by atomic mass is 10.00. The van der Waals surface area contributed by atoms with Gasteiger partial charge in [0.15, 0.2) is 23.1 Å². The van der Waals surface area contributed by atoms with Crippen LogP contribution in [0.4, 0.5) is 4.39 Å². The number of ether oxygens (including phenoxy) is 2. The molecular formula is C27H27ClFN3O5. The fraction of sp³-hybridized carbons (Fsp3) is 0.407. The van der Waals surface area contributed by atoms with E-state index in [-0.39, 0.29) is 53.6 Å². The number of Topliss-reactive ketones (excluding diaryl/α,β-unsaturated/α-hetero) is 2. The molecule has 37 heavy (non-hydrogen) atoms.